The Hall–Kier alpha value is -6.63. The van der Waals surface area contributed by atoms with Gasteiger partial charge in [-0.25, -0.2) is 14.6 Å². The Morgan fingerprint density at radius 2 is 1.58 bits per heavy atom. The lowest BCUT2D eigenvalue weighted by molar-refractivity contribution is -0.763. The molecular weight excluding hydrogens is 744 g/mol. The summed E-state index contributed by atoms with van der Waals surface area (Å²) in [7, 11) is 0. The summed E-state index contributed by atoms with van der Waals surface area (Å²) < 4.78 is 17.7. The zero-order valence-electron chi connectivity index (χ0n) is 29.4. The van der Waals surface area contributed by atoms with E-state index in [1.54, 1.807) is 18.2 Å². The van der Waals surface area contributed by atoms with E-state index in [2.05, 4.69) is 37.0 Å². The maximum absolute atomic E-state index is 12.6. The number of rotatable bonds is 19. The number of carbonyl (C=O) groups is 2. The van der Waals surface area contributed by atoms with Crippen molar-refractivity contribution in [3.8, 4) is 28.3 Å². The molecular formula is C35H35ClN8O11. The number of carbonyl (C=O) groups excluding carboxylic acids is 2. The van der Waals surface area contributed by atoms with Crippen molar-refractivity contribution in [2.45, 2.75) is 58.8 Å². The van der Waals surface area contributed by atoms with Crippen molar-refractivity contribution >= 4 is 23.8 Å². The Bertz CT molecular complexity index is 2110. The summed E-state index contributed by atoms with van der Waals surface area (Å²) in [6, 6.07) is 21.2. The van der Waals surface area contributed by atoms with Gasteiger partial charge in [0.15, 0.2) is 5.15 Å². The standard InChI is InChI=1S/C35H35ClN8O11/c1-2-3-13-31-37-32(36)30(23-52-35(46)55-27-10-8-9-25(20-27)22-54-44(49)50)41(31)21-24-14-16-26(17-15-24)28-11-4-5-12-29(28)33-38-40-42(39-33)34(45)51-18-6-7-19-53-43(47)48/h4-5,8-12,14-17,20H,2-3,6-7,13,18-19,21-23H2,1H3. The Labute approximate surface area is 317 Å². The molecule has 2 aromatic heterocycles. The van der Waals surface area contributed by atoms with Gasteiger partial charge in [0.2, 0.25) is 5.82 Å². The third-order valence-electron chi connectivity index (χ3n) is 7.93. The van der Waals surface area contributed by atoms with Crippen molar-refractivity contribution in [3.63, 3.8) is 0 Å². The van der Waals surface area contributed by atoms with Crippen molar-refractivity contribution in [2.24, 2.45) is 0 Å². The third kappa shape index (κ3) is 11.4. The van der Waals surface area contributed by atoms with Crippen LogP contribution in [0.3, 0.4) is 0 Å². The van der Waals surface area contributed by atoms with Gasteiger partial charge in [0.25, 0.3) is 10.2 Å². The fourth-order valence-corrected chi connectivity index (χ4v) is 5.55. The molecule has 0 N–H and O–H groups in total. The second-order valence-corrected chi connectivity index (χ2v) is 12.1. The molecule has 0 aliphatic rings. The van der Waals surface area contributed by atoms with Crippen molar-refractivity contribution in [1.29, 1.82) is 0 Å². The number of tetrazole rings is 1. The number of unbranched alkanes of at least 4 members (excludes halogenated alkanes) is 2. The summed E-state index contributed by atoms with van der Waals surface area (Å²) in [5.41, 5.74) is 4.05. The first kappa shape index (κ1) is 39.6. The molecule has 0 saturated carbocycles. The highest BCUT2D eigenvalue weighted by Gasteiger charge is 2.20. The van der Waals surface area contributed by atoms with Crippen LogP contribution in [-0.4, -0.2) is 65.4 Å². The average molecular weight is 779 g/mol. The number of imidazole rings is 1. The van der Waals surface area contributed by atoms with Gasteiger partial charge < -0.3 is 28.5 Å². The lowest BCUT2D eigenvalue weighted by atomic mass is 9.98. The van der Waals surface area contributed by atoms with E-state index in [9.17, 15) is 29.8 Å². The number of ether oxygens (including phenoxy) is 3. The number of halogens is 1. The molecule has 0 radical (unpaired) electrons. The number of aryl methyl sites for hydroxylation is 1. The first-order valence-corrected chi connectivity index (χ1v) is 17.4. The Morgan fingerprint density at radius 1 is 0.836 bits per heavy atom. The minimum absolute atomic E-state index is 0.00556. The lowest BCUT2D eigenvalue weighted by Gasteiger charge is -2.14. The van der Waals surface area contributed by atoms with Gasteiger partial charge in [0.1, 0.15) is 24.8 Å². The normalized spacial score (nSPS) is 10.8. The number of hydrogen-bond donors (Lipinski definition) is 0. The molecule has 0 bridgehead atoms. The van der Waals surface area contributed by atoms with Crippen molar-refractivity contribution in [2.75, 3.05) is 13.2 Å². The van der Waals surface area contributed by atoms with E-state index in [-0.39, 0.29) is 43.2 Å². The zero-order valence-corrected chi connectivity index (χ0v) is 30.2. The maximum atomic E-state index is 12.6. The first-order chi connectivity index (χ1) is 26.6. The molecule has 55 heavy (non-hydrogen) atoms. The molecule has 0 saturated heterocycles. The van der Waals surface area contributed by atoms with E-state index in [4.69, 9.17) is 25.8 Å². The molecule has 288 valence electrons. The number of nitrogens with zero attached hydrogens (tertiary/aromatic N) is 8. The highest BCUT2D eigenvalue weighted by Crippen LogP contribution is 2.31. The first-order valence-electron chi connectivity index (χ1n) is 17.0. The molecule has 0 unspecified atom stereocenters. The van der Waals surface area contributed by atoms with E-state index in [0.717, 1.165) is 40.2 Å². The number of aromatic nitrogens is 6. The SMILES string of the molecule is CCCCc1nc(Cl)c(COC(=O)Oc2cccc(CO[N+](=O)[O-])c2)n1Cc1ccc(-c2ccccc2-c2nnn(C(=O)OCCCCO[N+](=O)[O-])n2)cc1. The van der Waals surface area contributed by atoms with E-state index < -0.39 is 22.4 Å². The number of hydrogen-bond acceptors (Lipinski definition) is 15. The van der Waals surface area contributed by atoms with Crippen LogP contribution in [0.15, 0.2) is 72.8 Å². The highest BCUT2D eigenvalue weighted by molar-refractivity contribution is 6.30. The summed E-state index contributed by atoms with van der Waals surface area (Å²) in [5, 5.41) is 31.2. The molecule has 0 spiro atoms. The smallest absolute Gasteiger partial charge is 0.447 e. The summed E-state index contributed by atoms with van der Waals surface area (Å²) in [6.45, 7) is 1.79. The monoisotopic (exact) mass is 778 g/mol. The van der Waals surface area contributed by atoms with Gasteiger partial charge in [-0.2, -0.15) is 0 Å². The molecule has 2 heterocycles. The van der Waals surface area contributed by atoms with Gasteiger partial charge in [0, 0.05) is 18.5 Å². The van der Waals surface area contributed by atoms with Gasteiger partial charge in [-0.1, -0.05) is 90.4 Å². The predicted molar refractivity (Wildman–Crippen MR) is 192 cm³/mol. The molecule has 5 aromatic rings. The van der Waals surface area contributed by atoms with Crippen LogP contribution in [0.2, 0.25) is 5.15 Å². The maximum Gasteiger partial charge on any atom is 0.514 e. The average Bonchev–Trinajstić information content (AvgIpc) is 3.78. The van der Waals surface area contributed by atoms with E-state index in [1.165, 1.54) is 12.1 Å². The lowest BCUT2D eigenvalue weighted by Crippen LogP contribution is -2.17. The molecule has 0 atom stereocenters. The molecule has 0 aliphatic carbocycles. The van der Waals surface area contributed by atoms with Gasteiger partial charge in [-0.15, -0.1) is 30.4 Å². The van der Waals surface area contributed by atoms with Gasteiger partial charge in [-0.3, -0.25) is 0 Å². The Morgan fingerprint density at radius 3 is 2.33 bits per heavy atom. The topological polar surface area (TPSA) is 228 Å². The second kappa shape index (κ2) is 19.4. The van der Waals surface area contributed by atoms with Crippen LogP contribution in [0.25, 0.3) is 22.5 Å². The summed E-state index contributed by atoms with van der Waals surface area (Å²) in [4.78, 5) is 59.7. The Kier molecular flexibility index (Phi) is 14.0. The van der Waals surface area contributed by atoms with E-state index in [1.807, 2.05) is 47.0 Å². The molecule has 3 aromatic carbocycles. The summed E-state index contributed by atoms with van der Waals surface area (Å²) in [6.07, 6.45) is 1.26. The van der Waals surface area contributed by atoms with Gasteiger partial charge in [-0.05, 0) is 58.9 Å². The zero-order chi connectivity index (χ0) is 39.2. The van der Waals surface area contributed by atoms with E-state index in [0.29, 0.717) is 42.6 Å². The predicted octanol–water partition coefficient (Wildman–Crippen LogP) is 6.65. The minimum Gasteiger partial charge on any atom is -0.447 e. The summed E-state index contributed by atoms with van der Waals surface area (Å²) in [5.74, 6) is 1.04. The third-order valence-corrected chi connectivity index (χ3v) is 8.23. The molecule has 5 rings (SSSR count). The summed E-state index contributed by atoms with van der Waals surface area (Å²) >= 11 is 6.57. The van der Waals surface area contributed by atoms with Crippen molar-refractivity contribution in [3.05, 3.63) is 121 Å². The van der Waals surface area contributed by atoms with Crippen LogP contribution < -0.4 is 4.74 Å². The molecule has 0 fully saturated rings. The highest BCUT2D eigenvalue weighted by atomic mass is 35.5. The minimum atomic E-state index is -1.00. The van der Waals surface area contributed by atoms with Crippen LogP contribution in [0.5, 0.6) is 5.75 Å². The Balaban J connectivity index is 1.25. The molecule has 0 aliphatic heterocycles. The van der Waals surface area contributed by atoms with E-state index >= 15 is 0 Å². The van der Waals surface area contributed by atoms with Crippen LogP contribution in [0.4, 0.5) is 9.59 Å². The number of benzene rings is 3. The van der Waals surface area contributed by atoms with Crippen LogP contribution in [0.1, 0.15) is 55.3 Å². The van der Waals surface area contributed by atoms with Gasteiger partial charge >= 0.3 is 12.2 Å². The molecule has 19 nitrogen and oxygen atoms in total. The second-order valence-electron chi connectivity index (χ2n) is 11.8. The fourth-order valence-electron chi connectivity index (χ4n) is 5.30. The van der Waals surface area contributed by atoms with Crippen LogP contribution in [0, 0.1) is 20.2 Å². The molecule has 0 amide bonds. The fraction of sp³-hybridized carbons (Fsp3) is 0.314. The van der Waals surface area contributed by atoms with Crippen molar-refractivity contribution < 1.29 is 43.6 Å². The van der Waals surface area contributed by atoms with Crippen LogP contribution >= 0.6 is 11.6 Å². The van der Waals surface area contributed by atoms with Crippen molar-refractivity contribution in [1.82, 2.24) is 29.8 Å². The quantitative estimate of drug-likeness (QED) is 0.0281. The molecule has 20 heteroatoms. The van der Waals surface area contributed by atoms with Gasteiger partial charge in [0.05, 0.1) is 18.9 Å². The largest absolute Gasteiger partial charge is 0.514 e. The van der Waals surface area contributed by atoms with Crippen LogP contribution in [-0.2, 0) is 45.3 Å².